The lowest BCUT2D eigenvalue weighted by atomic mass is 9.86. The maximum atomic E-state index is 14.8. The maximum Gasteiger partial charge on any atom is 0.422 e. The van der Waals surface area contributed by atoms with E-state index in [9.17, 15) is 32.3 Å². The molecule has 1 heterocycles. The van der Waals surface area contributed by atoms with Crippen molar-refractivity contribution >= 4 is 11.8 Å². The Kier molecular flexibility index (Phi) is 9.77. The van der Waals surface area contributed by atoms with Gasteiger partial charge in [0.05, 0.1) is 30.1 Å². The number of ether oxygens (including phenoxy) is 2. The third-order valence-corrected chi connectivity index (χ3v) is 7.67. The number of benzene rings is 2. The first-order valence-corrected chi connectivity index (χ1v) is 14.6. The number of aromatic nitrogens is 1. The van der Waals surface area contributed by atoms with Crippen LogP contribution in [0.3, 0.4) is 0 Å². The highest BCUT2D eigenvalue weighted by Crippen LogP contribution is 2.44. The van der Waals surface area contributed by atoms with E-state index in [4.69, 9.17) is 9.47 Å². The topological polar surface area (TPSA) is 110 Å². The van der Waals surface area contributed by atoms with Gasteiger partial charge in [-0.15, -0.1) is 0 Å². The predicted octanol–water partition coefficient (Wildman–Crippen LogP) is 6.71. The molecule has 1 saturated carbocycles. The number of aryl methyl sites for hydroxylation is 1. The molecular formula is C33H37F4N3O5. The van der Waals surface area contributed by atoms with Crippen LogP contribution in [0.15, 0.2) is 48.5 Å². The highest BCUT2D eigenvalue weighted by atomic mass is 19.4. The fourth-order valence-corrected chi connectivity index (χ4v) is 4.77. The average molecular weight is 632 g/mol. The van der Waals surface area contributed by atoms with E-state index in [0.29, 0.717) is 17.9 Å². The van der Waals surface area contributed by atoms with Gasteiger partial charge in [0, 0.05) is 24.1 Å². The molecule has 0 spiro atoms. The Balaban J connectivity index is 1.74. The lowest BCUT2D eigenvalue weighted by Crippen LogP contribution is -2.47. The van der Waals surface area contributed by atoms with Crippen molar-refractivity contribution in [1.82, 2.24) is 15.6 Å². The molecule has 0 bridgehead atoms. The van der Waals surface area contributed by atoms with Crippen LogP contribution in [0, 0.1) is 12.7 Å². The fraction of sp³-hybridized carbons (Fsp3) is 0.424. The molecule has 45 heavy (non-hydrogen) atoms. The van der Waals surface area contributed by atoms with Crippen molar-refractivity contribution in [1.29, 1.82) is 0 Å². The minimum atomic E-state index is -5.24. The van der Waals surface area contributed by atoms with Crippen LogP contribution in [-0.2, 0) is 11.1 Å². The van der Waals surface area contributed by atoms with Crippen LogP contribution in [-0.4, -0.2) is 47.8 Å². The number of hydrogen-bond acceptors (Lipinski definition) is 6. The second kappa shape index (κ2) is 13.0. The predicted molar refractivity (Wildman–Crippen MR) is 160 cm³/mol. The van der Waals surface area contributed by atoms with E-state index in [1.807, 2.05) is 0 Å². The summed E-state index contributed by atoms with van der Waals surface area (Å²) in [4.78, 5) is 29.7. The molecule has 3 aromatic rings. The summed E-state index contributed by atoms with van der Waals surface area (Å²) in [6, 6.07) is 10.3. The Bertz CT molecular complexity index is 1570. The monoisotopic (exact) mass is 631 g/mol. The first-order chi connectivity index (χ1) is 21.1. The second-order valence-electron chi connectivity index (χ2n) is 11.7. The Hall–Kier alpha value is -4.19. The molecule has 12 heteroatoms. The number of carbonyl (C=O) groups excluding carboxylic acids is 2. The van der Waals surface area contributed by atoms with E-state index >= 15 is 0 Å². The molecule has 1 aliphatic carbocycles. The molecular weight excluding hydrogens is 594 g/mol. The normalized spacial score (nSPS) is 14.8. The summed E-state index contributed by atoms with van der Waals surface area (Å²) in [5.41, 5.74) is -4.71. The molecule has 0 radical (unpaired) electrons. The summed E-state index contributed by atoms with van der Waals surface area (Å²) in [6.45, 7) is 6.70. The highest BCUT2D eigenvalue weighted by Gasteiger charge is 2.56. The summed E-state index contributed by atoms with van der Waals surface area (Å²) in [7, 11) is 1.40. The van der Waals surface area contributed by atoms with Crippen molar-refractivity contribution < 1.29 is 41.7 Å². The van der Waals surface area contributed by atoms with Crippen molar-refractivity contribution in [3.63, 3.8) is 0 Å². The highest BCUT2D eigenvalue weighted by molar-refractivity contribution is 5.96. The first kappa shape index (κ1) is 33.7. The lowest BCUT2D eigenvalue weighted by Gasteiger charge is -2.33. The quantitative estimate of drug-likeness (QED) is 0.151. The van der Waals surface area contributed by atoms with Crippen LogP contribution in [0.2, 0.25) is 0 Å². The molecule has 4 rings (SSSR count). The number of methoxy groups -OCH3 is 1. The standard InChI is InChI=1S/C33H37F4N3O5/c1-6-38-30(42)40-31(3,4)22-17-25(20-7-11-24(34)19(2)15-20)39-29(18-22)32(43,33(35,36)37)14-13-26(41)21-8-12-27(28(16-21)44-5)45-23-9-10-23/h7-8,11-12,15-18,23,43H,6,9-10,13-14H2,1-5H3,(H2,38,40,42). The number of nitrogens with one attached hydrogen (secondary N) is 2. The average Bonchev–Trinajstić information content (AvgIpc) is 3.80. The van der Waals surface area contributed by atoms with Crippen LogP contribution in [0.4, 0.5) is 22.4 Å². The number of pyridine rings is 1. The number of urea groups is 1. The smallest absolute Gasteiger partial charge is 0.422 e. The zero-order valence-electron chi connectivity index (χ0n) is 25.8. The Morgan fingerprint density at radius 1 is 1.04 bits per heavy atom. The van der Waals surface area contributed by atoms with Crippen LogP contribution in [0.25, 0.3) is 11.3 Å². The lowest BCUT2D eigenvalue weighted by molar-refractivity contribution is -0.270. The van der Waals surface area contributed by atoms with Gasteiger partial charge in [0.1, 0.15) is 5.82 Å². The number of carbonyl (C=O) groups is 2. The van der Waals surface area contributed by atoms with E-state index in [-0.39, 0.29) is 34.2 Å². The second-order valence-corrected chi connectivity index (χ2v) is 11.7. The molecule has 2 aromatic carbocycles. The number of ketones is 1. The molecule has 1 unspecified atom stereocenters. The molecule has 3 N–H and O–H groups in total. The molecule has 242 valence electrons. The molecule has 1 atom stereocenters. The third-order valence-electron chi connectivity index (χ3n) is 7.67. The first-order valence-electron chi connectivity index (χ1n) is 14.6. The number of hydrogen-bond donors (Lipinski definition) is 3. The third kappa shape index (κ3) is 7.73. The van der Waals surface area contributed by atoms with Crippen LogP contribution >= 0.6 is 0 Å². The summed E-state index contributed by atoms with van der Waals surface area (Å²) in [5.74, 6) is -0.466. The fourth-order valence-electron chi connectivity index (χ4n) is 4.77. The van der Waals surface area contributed by atoms with E-state index in [1.165, 1.54) is 56.5 Å². The number of halogens is 4. The number of Topliss-reactive ketones (excluding diaryl/α,β-unsaturated/α-hetero) is 1. The van der Waals surface area contributed by atoms with Gasteiger partial charge in [0.25, 0.3) is 0 Å². The van der Waals surface area contributed by atoms with Gasteiger partial charge in [-0.05, 0) is 107 Å². The minimum Gasteiger partial charge on any atom is -0.493 e. The van der Waals surface area contributed by atoms with Crippen molar-refractivity contribution in [3.8, 4) is 22.8 Å². The SMILES string of the molecule is CCNC(=O)NC(C)(C)c1cc(-c2ccc(F)c(C)c2)nc(C(O)(CCC(=O)c2ccc(OC3CC3)c(OC)c2)C(F)(F)F)c1. The van der Waals surface area contributed by atoms with E-state index < -0.39 is 53.5 Å². The summed E-state index contributed by atoms with van der Waals surface area (Å²) >= 11 is 0. The van der Waals surface area contributed by atoms with Crippen molar-refractivity contribution in [2.45, 2.75) is 76.8 Å². The zero-order chi connectivity index (χ0) is 33.2. The van der Waals surface area contributed by atoms with Gasteiger partial charge in [-0.1, -0.05) is 0 Å². The van der Waals surface area contributed by atoms with Crippen molar-refractivity contribution in [3.05, 3.63) is 76.7 Å². The van der Waals surface area contributed by atoms with Gasteiger partial charge in [0.15, 0.2) is 17.3 Å². The molecule has 8 nitrogen and oxygen atoms in total. The summed E-state index contributed by atoms with van der Waals surface area (Å²) < 4.78 is 69.4. The molecule has 0 aliphatic heterocycles. The van der Waals surface area contributed by atoms with E-state index in [0.717, 1.165) is 18.9 Å². The molecule has 1 fully saturated rings. The van der Waals surface area contributed by atoms with Crippen LogP contribution in [0.5, 0.6) is 11.5 Å². The Morgan fingerprint density at radius 2 is 1.76 bits per heavy atom. The van der Waals surface area contributed by atoms with Gasteiger partial charge in [-0.2, -0.15) is 13.2 Å². The van der Waals surface area contributed by atoms with Crippen molar-refractivity contribution in [2.75, 3.05) is 13.7 Å². The Labute approximate surface area is 259 Å². The van der Waals surface area contributed by atoms with Gasteiger partial charge < -0.3 is 25.2 Å². The number of alkyl halides is 3. The van der Waals surface area contributed by atoms with Gasteiger partial charge in [-0.3, -0.25) is 4.79 Å². The summed E-state index contributed by atoms with van der Waals surface area (Å²) in [6.07, 6.45) is -5.10. The number of amides is 2. The van der Waals surface area contributed by atoms with Gasteiger partial charge >= 0.3 is 12.2 Å². The van der Waals surface area contributed by atoms with Crippen LogP contribution in [0.1, 0.15) is 73.6 Å². The molecule has 0 saturated heterocycles. The minimum absolute atomic E-state index is 0.0152. The largest absolute Gasteiger partial charge is 0.493 e. The van der Waals surface area contributed by atoms with E-state index in [1.54, 1.807) is 20.8 Å². The van der Waals surface area contributed by atoms with E-state index in [2.05, 4.69) is 15.6 Å². The van der Waals surface area contributed by atoms with Crippen LogP contribution < -0.4 is 20.1 Å². The number of rotatable bonds is 12. The molecule has 2 amide bonds. The van der Waals surface area contributed by atoms with Crippen molar-refractivity contribution in [2.24, 2.45) is 0 Å². The van der Waals surface area contributed by atoms with Gasteiger partial charge in [0.2, 0.25) is 5.60 Å². The Morgan fingerprint density at radius 3 is 2.36 bits per heavy atom. The number of nitrogens with zero attached hydrogens (tertiary/aromatic N) is 1. The zero-order valence-corrected chi connectivity index (χ0v) is 25.8. The molecule has 1 aliphatic rings. The summed E-state index contributed by atoms with van der Waals surface area (Å²) in [5, 5.41) is 16.6. The number of aliphatic hydroxyl groups is 1. The maximum absolute atomic E-state index is 14.8. The molecule has 1 aromatic heterocycles. The van der Waals surface area contributed by atoms with Gasteiger partial charge in [-0.25, -0.2) is 14.2 Å².